The fourth-order valence-corrected chi connectivity index (χ4v) is 1.36. The van der Waals surface area contributed by atoms with Crippen molar-refractivity contribution in [2.45, 2.75) is 12.8 Å². The van der Waals surface area contributed by atoms with Gasteiger partial charge in [-0.1, -0.05) is 30.3 Å². The number of H-pyrrole nitrogens is 1. The van der Waals surface area contributed by atoms with E-state index in [0.29, 0.717) is 12.2 Å². The molecule has 1 heterocycles. The average Bonchev–Trinajstić information content (AvgIpc) is 2.81. The van der Waals surface area contributed by atoms with E-state index < -0.39 is 0 Å². The van der Waals surface area contributed by atoms with Crippen LogP contribution in [-0.2, 0) is 6.42 Å². The largest absolute Gasteiger partial charge is 0.291 e. The summed E-state index contributed by atoms with van der Waals surface area (Å²) in [4.78, 5) is 15.4. The summed E-state index contributed by atoms with van der Waals surface area (Å²) in [7, 11) is 0. The van der Waals surface area contributed by atoms with E-state index in [9.17, 15) is 4.79 Å². The molecule has 0 unspecified atom stereocenters. The second-order valence-electron chi connectivity index (χ2n) is 3.24. The van der Waals surface area contributed by atoms with E-state index in [2.05, 4.69) is 15.2 Å². The Morgan fingerprint density at radius 3 is 2.73 bits per heavy atom. The zero-order valence-corrected chi connectivity index (χ0v) is 8.18. The van der Waals surface area contributed by atoms with Crippen molar-refractivity contribution in [1.29, 1.82) is 0 Å². The molecule has 2 aromatic rings. The van der Waals surface area contributed by atoms with Crippen LogP contribution in [0.25, 0.3) is 0 Å². The first-order valence-electron chi connectivity index (χ1n) is 4.79. The van der Waals surface area contributed by atoms with Crippen LogP contribution in [0.2, 0.25) is 0 Å². The maximum absolute atomic E-state index is 11.5. The minimum Gasteiger partial charge on any atom is -0.291 e. The Hall–Kier alpha value is -1.97. The third kappa shape index (κ3) is 2.49. The molecule has 0 spiro atoms. The number of ketones is 1. The number of hydrogen-bond donors (Lipinski definition) is 1. The molecule has 1 N–H and O–H groups in total. The number of carbonyl (C=O) groups excluding carboxylic acids is 1. The van der Waals surface area contributed by atoms with Gasteiger partial charge in [0.25, 0.3) is 0 Å². The van der Waals surface area contributed by atoms with Crippen LogP contribution in [-0.4, -0.2) is 21.0 Å². The van der Waals surface area contributed by atoms with Crippen molar-refractivity contribution in [2.75, 3.05) is 0 Å². The lowest BCUT2D eigenvalue weighted by Crippen LogP contribution is -2.03. The number of Topliss-reactive ketones (excluding diaryl/α,β-unsaturated/α-hetero) is 1. The molecule has 4 heteroatoms. The van der Waals surface area contributed by atoms with Crippen molar-refractivity contribution in [3.05, 3.63) is 48.0 Å². The first-order chi connectivity index (χ1) is 7.36. The summed E-state index contributed by atoms with van der Waals surface area (Å²) in [6, 6.07) is 9.91. The Labute approximate surface area is 87.4 Å². The fraction of sp³-hybridized carbons (Fsp3) is 0.182. The highest BCUT2D eigenvalue weighted by Crippen LogP contribution is 2.04. The number of aromatic nitrogens is 3. The molecule has 0 amide bonds. The van der Waals surface area contributed by atoms with Gasteiger partial charge in [-0.25, -0.2) is 4.98 Å². The molecule has 0 aliphatic rings. The first-order valence-corrected chi connectivity index (χ1v) is 4.79. The number of benzene rings is 1. The standard InChI is InChI=1S/C11H11N3O/c15-10(11-12-8-13-14-11)7-6-9-4-2-1-3-5-9/h1-5,8H,6-7H2,(H,12,13,14). The van der Waals surface area contributed by atoms with E-state index >= 15 is 0 Å². The lowest BCUT2D eigenvalue weighted by atomic mass is 10.1. The maximum atomic E-state index is 11.5. The Bertz CT molecular complexity index is 422. The molecule has 0 atom stereocenters. The number of aromatic amines is 1. The van der Waals surface area contributed by atoms with E-state index in [1.54, 1.807) is 0 Å². The van der Waals surface area contributed by atoms with Gasteiger partial charge in [0.1, 0.15) is 6.33 Å². The molecule has 1 aromatic heterocycles. The van der Waals surface area contributed by atoms with Crippen molar-refractivity contribution in [3.8, 4) is 0 Å². The zero-order chi connectivity index (χ0) is 10.5. The van der Waals surface area contributed by atoms with Crippen molar-refractivity contribution in [2.24, 2.45) is 0 Å². The highest BCUT2D eigenvalue weighted by Gasteiger charge is 2.08. The van der Waals surface area contributed by atoms with Gasteiger partial charge in [0.2, 0.25) is 0 Å². The summed E-state index contributed by atoms with van der Waals surface area (Å²) in [6.07, 6.45) is 2.54. The smallest absolute Gasteiger partial charge is 0.199 e. The molecule has 15 heavy (non-hydrogen) atoms. The molecular weight excluding hydrogens is 190 g/mol. The van der Waals surface area contributed by atoms with Crippen LogP contribution in [0, 0.1) is 0 Å². The lowest BCUT2D eigenvalue weighted by molar-refractivity contribution is 0.0973. The van der Waals surface area contributed by atoms with Gasteiger partial charge in [0.15, 0.2) is 11.6 Å². The number of aryl methyl sites for hydroxylation is 1. The molecule has 1 aromatic carbocycles. The predicted octanol–water partition coefficient (Wildman–Crippen LogP) is 1.62. The van der Waals surface area contributed by atoms with Crippen LogP contribution in [0.3, 0.4) is 0 Å². The van der Waals surface area contributed by atoms with Gasteiger partial charge >= 0.3 is 0 Å². The summed E-state index contributed by atoms with van der Waals surface area (Å²) < 4.78 is 0. The molecule has 0 aliphatic carbocycles. The van der Waals surface area contributed by atoms with Crippen LogP contribution < -0.4 is 0 Å². The van der Waals surface area contributed by atoms with Gasteiger partial charge in [-0.2, -0.15) is 5.10 Å². The Morgan fingerprint density at radius 1 is 1.27 bits per heavy atom. The summed E-state index contributed by atoms with van der Waals surface area (Å²) >= 11 is 0. The van der Waals surface area contributed by atoms with Gasteiger partial charge in [0.05, 0.1) is 0 Å². The number of carbonyl (C=O) groups is 1. The van der Waals surface area contributed by atoms with E-state index in [1.807, 2.05) is 30.3 Å². The van der Waals surface area contributed by atoms with Crippen LogP contribution in [0.15, 0.2) is 36.7 Å². The maximum Gasteiger partial charge on any atom is 0.199 e. The molecule has 0 saturated heterocycles. The number of rotatable bonds is 4. The third-order valence-electron chi connectivity index (χ3n) is 2.16. The fourth-order valence-electron chi connectivity index (χ4n) is 1.36. The highest BCUT2D eigenvalue weighted by atomic mass is 16.1. The van der Waals surface area contributed by atoms with Crippen LogP contribution in [0.5, 0.6) is 0 Å². The Morgan fingerprint density at radius 2 is 2.07 bits per heavy atom. The van der Waals surface area contributed by atoms with Gasteiger partial charge < -0.3 is 0 Å². The molecule has 0 saturated carbocycles. The lowest BCUT2D eigenvalue weighted by Gasteiger charge is -1.98. The first kappa shape index (κ1) is 9.58. The number of nitrogens with one attached hydrogen (secondary N) is 1. The van der Waals surface area contributed by atoms with Crippen molar-refractivity contribution in [3.63, 3.8) is 0 Å². The van der Waals surface area contributed by atoms with Crippen LogP contribution >= 0.6 is 0 Å². The molecule has 0 fully saturated rings. The summed E-state index contributed by atoms with van der Waals surface area (Å²) in [5, 5.41) is 6.20. The number of nitrogens with zero attached hydrogens (tertiary/aromatic N) is 2. The average molecular weight is 201 g/mol. The van der Waals surface area contributed by atoms with Crippen LogP contribution in [0.1, 0.15) is 22.6 Å². The van der Waals surface area contributed by atoms with E-state index in [0.717, 1.165) is 12.0 Å². The quantitative estimate of drug-likeness (QED) is 0.764. The molecule has 2 rings (SSSR count). The Balaban J connectivity index is 1.92. The normalized spacial score (nSPS) is 10.1. The van der Waals surface area contributed by atoms with Crippen LogP contribution in [0.4, 0.5) is 0 Å². The minimum atomic E-state index is -0.00338. The summed E-state index contributed by atoms with van der Waals surface area (Å²) in [6.45, 7) is 0. The summed E-state index contributed by atoms with van der Waals surface area (Å²) in [5.74, 6) is 0.335. The minimum absolute atomic E-state index is 0.00338. The van der Waals surface area contributed by atoms with E-state index in [-0.39, 0.29) is 5.78 Å². The zero-order valence-electron chi connectivity index (χ0n) is 8.18. The van der Waals surface area contributed by atoms with Crippen molar-refractivity contribution in [1.82, 2.24) is 15.2 Å². The van der Waals surface area contributed by atoms with E-state index in [1.165, 1.54) is 6.33 Å². The molecule has 0 radical (unpaired) electrons. The third-order valence-corrected chi connectivity index (χ3v) is 2.16. The molecule has 0 bridgehead atoms. The monoisotopic (exact) mass is 201 g/mol. The topological polar surface area (TPSA) is 58.6 Å². The van der Waals surface area contributed by atoms with Gasteiger partial charge in [0, 0.05) is 6.42 Å². The van der Waals surface area contributed by atoms with Gasteiger partial charge in [-0.15, -0.1) is 0 Å². The second kappa shape index (κ2) is 4.50. The predicted molar refractivity (Wildman–Crippen MR) is 55.5 cm³/mol. The van der Waals surface area contributed by atoms with Gasteiger partial charge in [-0.05, 0) is 12.0 Å². The molecule has 0 aliphatic heterocycles. The second-order valence-corrected chi connectivity index (χ2v) is 3.24. The Kier molecular flexibility index (Phi) is 2.88. The molecule has 76 valence electrons. The molecular formula is C11H11N3O. The highest BCUT2D eigenvalue weighted by molar-refractivity contribution is 5.92. The number of hydrogen-bond acceptors (Lipinski definition) is 3. The molecule has 4 nitrogen and oxygen atoms in total. The van der Waals surface area contributed by atoms with Crippen molar-refractivity contribution < 1.29 is 4.79 Å². The van der Waals surface area contributed by atoms with E-state index in [4.69, 9.17) is 0 Å². The SMILES string of the molecule is O=C(CCc1ccccc1)c1ncn[nH]1. The van der Waals surface area contributed by atoms with Crippen molar-refractivity contribution >= 4 is 5.78 Å². The van der Waals surface area contributed by atoms with Gasteiger partial charge in [-0.3, -0.25) is 9.89 Å². The summed E-state index contributed by atoms with van der Waals surface area (Å²) in [5.41, 5.74) is 1.16.